The Morgan fingerprint density at radius 1 is 1.00 bits per heavy atom. The van der Waals surface area contributed by atoms with E-state index in [2.05, 4.69) is 47.5 Å². The number of hydrogen-bond acceptors (Lipinski definition) is 3. The van der Waals surface area contributed by atoms with Crippen LogP contribution >= 0.6 is 0 Å². The molecule has 4 nitrogen and oxygen atoms in total. The van der Waals surface area contributed by atoms with Gasteiger partial charge in [-0.2, -0.15) is 0 Å². The van der Waals surface area contributed by atoms with Gasteiger partial charge in [0.15, 0.2) is 0 Å². The predicted molar refractivity (Wildman–Crippen MR) is 105 cm³/mol. The summed E-state index contributed by atoms with van der Waals surface area (Å²) in [4.78, 5) is 15.2. The Morgan fingerprint density at radius 3 is 2.23 bits per heavy atom. The molecule has 1 amide bonds. The van der Waals surface area contributed by atoms with Crippen molar-refractivity contribution in [2.24, 2.45) is 0 Å². The number of nitrogens with one attached hydrogen (secondary N) is 1. The molecule has 0 radical (unpaired) electrons. The maximum absolute atomic E-state index is 12.9. The van der Waals surface area contributed by atoms with Gasteiger partial charge >= 0.3 is 0 Å². The lowest BCUT2D eigenvalue weighted by Crippen LogP contribution is -2.43. The maximum Gasteiger partial charge on any atom is 0.251 e. The summed E-state index contributed by atoms with van der Waals surface area (Å²) < 4.78 is 5.45. The molecule has 2 aromatic rings. The van der Waals surface area contributed by atoms with Gasteiger partial charge in [-0.05, 0) is 38.5 Å². The van der Waals surface area contributed by atoms with Crippen LogP contribution in [-0.2, 0) is 4.74 Å². The van der Waals surface area contributed by atoms with Gasteiger partial charge in [0.2, 0.25) is 0 Å². The minimum absolute atomic E-state index is 0.0179. The highest BCUT2D eigenvalue weighted by atomic mass is 16.5. The van der Waals surface area contributed by atoms with E-state index < -0.39 is 0 Å². The first-order valence-corrected chi connectivity index (χ1v) is 9.27. The van der Waals surface area contributed by atoms with E-state index >= 15 is 0 Å². The van der Waals surface area contributed by atoms with Gasteiger partial charge < -0.3 is 10.1 Å². The second kappa shape index (κ2) is 8.47. The average Bonchev–Trinajstić information content (AvgIpc) is 2.62. The second-order valence-electron chi connectivity index (χ2n) is 7.23. The summed E-state index contributed by atoms with van der Waals surface area (Å²) >= 11 is 0. The van der Waals surface area contributed by atoms with Crippen molar-refractivity contribution in [2.45, 2.75) is 26.8 Å². The average molecular weight is 352 g/mol. The zero-order chi connectivity index (χ0) is 18.5. The molecule has 0 bridgehead atoms. The first-order valence-electron chi connectivity index (χ1n) is 9.27. The summed E-state index contributed by atoms with van der Waals surface area (Å²) in [5.41, 5.74) is 5.30. The first-order chi connectivity index (χ1) is 12.5. The number of aryl methyl sites for hydroxylation is 3. The van der Waals surface area contributed by atoms with Crippen LogP contribution in [0, 0.1) is 20.8 Å². The normalized spacial score (nSPS) is 16.3. The fraction of sp³-hybridized carbons (Fsp3) is 0.409. The summed E-state index contributed by atoms with van der Waals surface area (Å²) in [6, 6.07) is 14.4. The van der Waals surface area contributed by atoms with E-state index in [9.17, 15) is 4.79 Å². The number of rotatable bonds is 5. The zero-order valence-electron chi connectivity index (χ0n) is 15.9. The van der Waals surface area contributed by atoms with Crippen LogP contribution in [0.4, 0.5) is 0 Å². The molecule has 1 fully saturated rings. The number of ether oxygens (including phenoxy) is 1. The van der Waals surface area contributed by atoms with Gasteiger partial charge in [-0.25, -0.2) is 0 Å². The van der Waals surface area contributed by atoms with E-state index in [1.165, 1.54) is 5.56 Å². The van der Waals surface area contributed by atoms with Crippen LogP contribution in [0.3, 0.4) is 0 Å². The van der Waals surface area contributed by atoms with E-state index in [0.29, 0.717) is 0 Å². The van der Waals surface area contributed by atoms with Gasteiger partial charge in [-0.15, -0.1) is 0 Å². The summed E-state index contributed by atoms with van der Waals surface area (Å²) in [7, 11) is 0. The van der Waals surface area contributed by atoms with E-state index in [4.69, 9.17) is 4.74 Å². The molecule has 0 saturated carbocycles. The van der Waals surface area contributed by atoms with Crippen molar-refractivity contribution in [1.82, 2.24) is 10.2 Å². The molecule has 1 saturated heterocycles. The molecule has 138 valence electrons. The third-order valence-corrected chi connectivity index (χ3v) is 4.81. The smallest absolute Gasteiger partial charge is 0.251 e. The van der Waals surface area contributed by atoms with Crippen molar-refractivity contribution < 1.29 is 9.53 Å². The van der Waals surface area contributed by atoms with E-state index in [0.717, 1.165) is 55.1 Å². The Morgan fingerprint density at radius 2 is 1.62 bits per heavy atom. The van der Waals surface area contributed by atoms with Gasteiger partial charge in [-0.3, -0.25) is 9.69 Å². The molecule has 1 heterocycles. The maximum atomic E-state index is 12.9. The van der Waals surface area contributed by atoms with Crippen molar-refractivity contribution in [1.29, 1.82) is 0 Å². The van der Waals surface area contributed by atoms with Crippen molar-refractivity contribution in [2.75, 3.05) is 32.8 Å². The third kappa shape index (κ3) is 4.93. The molecular formula is C22H28N2O2. The van der Waals surface area contributed by atoms with Gasteiger partial charge in [0.1, 0.15) is 0 Å². The first kappa shape index (κ1) is 18.6. The van der Waals surface area contributed by atoms with Gasteiger partial charge in [-0.1, -0.05) is 47.0 Å². The van der Waals surface area contributed by atoms with Crippen LogP contribution in [0.25, 0.3) is 0 Å². The summed E-state index contributed by atoms with van der Waals surface area (Å²) in [6.45, 7) is 10.2. The molecule has 0 unspecified atom stereocenters. The van der Waals surface area contributed by atoms with Crippen LogP contribution < -0.4 is 5.32 Å². The SMILES string of the molecule is Cc1ccc([C@@H](CN2CCOCC2)NC(=O)c2cc(C)cc(C)c2)cc1. The second-order valence-corrected chi connectivity index (χ2v) is 7.23. The zero-order valence-corrected chi connectivity index (χ0v) is 15.9. The molecule has 26 heavy (non-hydrogen) atoms. The Balaban J connectivity index is 1.79. The molecule has 0 spiro atoms. The lowest BCUT2D eigenvalue weighted by molar-refractivity contribution is 0.0332. The molecule has 0 aromatic heterocycles. The molecule has 2 aromatic carbocycles. The van der Waals surface area contributed by atoms with Crippen LogP contribution in [0.1, 0.15) is 38.7 Å². The highest BCUT2D eigenvalue weighted by Crippen LogP contribution is 2.18. The monoisotopic (exact) mass is 352 g/mol. The minimum Gasteiger partial charge on any atom is -0.379 e. The van der Waals surface area contributed by atoms with E-state index in [-0.39, 0.29) is 11.9 Å². The lowest BCUT2D eigenvalue weighted by atomic mass is 10.0. The van der Waals surface area contributed by atoms with Crippen LogP contribution in [0.15, 0.2) is 42.5 Å². The number of nitrogens with zero attached hydrogens (tertiary/aromatic N) is 1. The van der Waals surface area contributed by atoms with Gasteiger partial charge in [0.25, 0.3) is 5.91 Å². The predicted octanol–water partition coefficient (Wildman–Crippen LogP) is 3.42. The molecule has 3 rings (SSSR count). The third-order valence-electron chi connectivity index (χ3n) is 4.81. The molecular weight excluding hydrogens is 324 g/mol. The van der Waals surface area contributed by atoms with Gasteiger partial charge in [0, 0.05) is 25.2 Å². The number of carbonyl (C=O) groups is 1. The van der Waals surface area contributed by atoms with E-state index in [1.807, 2.05) is 26.0 Å². The van der Waals surface area contributed by atoms with Crippen molar-refractivity contribution in [3.63, 3.8) is 0 Å². The fourth-order valence-electron chi connectivity index (χ4n) is 3.42. The summed E-state index contributed by atoms with van der Waals surface area (Å²) in [5, 5.41) is 3.25. The number of hydrogen-bond donors (Lipinski definition) is 1. The van der Waals surface area contributed by atoms with Crippen LogP contribution in [-0.4, -0.2) is 43.7 Å². The lowest BCUT2D eigenvalue weighted by Gasteiger charge is -2.31. The Bertz CT molecular complexity index is 729. The minimum atomic E-state index is -0.0398. The number of amides is 1. The molecule has 0 aliphatic carbocycles. The summed E-state index contributed by atoms with van der Waals surface area (Å²) in [5.74, 6) is -0.0179. The van der Waals surface area contributed by atoms with Gasteiger partial charge in [0.05, 0.1) is 19.3 Å². The van der Waals surface area contributed by atoms with E-state index in [1.54, 1.807) is 0 Å². The number of morpholine rings is 1. The quantitative estimate of drug-likeness (QED) is 0.896. The van der Waals surface area contributed by atoms with Crippen molar-refractivity contribution >= 4 is 5.91 Å². The summed E-state index contributed by atoms with van der Waals surface area (Å²) in [6.07, 6.45) is 0. The Kier molecular flexibility index (Phi) is 6.07. The molecule has 1 aliphatic rings. The Labute approximate surface area is 156 Å². The van der Waals surface area contributed by atoms with Crippen molar-refractivity contribution in [3.8, 4) is 0 Å². The highest BCUT2D eigenvalue weighted by molar-refractivity contribution is 5.94. The standard InChI is InChI=1S/C22H28N2O2/c1-16-4-6-19(7-5-16)21(15-24-8-10-26-11-9-24)23-22(25)20-13-17(2)12-18(3)14-20/h4-7,12-14,21H,8-11,15H2,1-3H3,(H,23,25)/t21-/m1/s1. The molecule has 1 atom stereocenters. The van der Waals surface area contributed by atoms with Crippen LogP contribution in [0.2, 0.25) is 0 Å². The van der Waals surface area contributed by atoms with Crippen LogP contribution in [0.5, 0.6) is 0 Å². The fourth-order valence-corrected chi connectivity index (χ4v) is 3.42. The number of carbonyl (C=O) groups excluding carboxylic acids is 1. The van der Waals surface area contributed by atoms with Crippen molar-refractivity contribution in [3.05, 3.63) is 70.3 Å². The topological polar surface area (TPSA) is 41.6 Å². The Hall–Kier alpha value is -2.17. The largest absolute Gasteiger partial charge is 0.379 e. The molecule has 1 N–H and O–H groups in total. The molecule has 1 aliphatic heterocycles. The highest BCUT2D eigenvalue weighted by Gasteiger charge is 2.21. The number of benzene rings is 2. The molecule has 4 heteroatoms.